The van der Waals surface area contributed by atoms with Crippen molar-refractivity contribution in [3.8, 4) is 5.06 Å². The highest BCUT2D eigenvalue weighted by Crippen LogP contribution is 2.41. The lowest BCUT2D eigenvalue weighted by atomic mass is 9.88. The lowest BCUT2D eigenvalue weighted by Gasteiger charge is -2.26. The van der Waals surface area contributed by atoms with E-state index in [-0.39, 0.29) is 0 Å². The zero-order valence-electron chi connectivity index (χ0n) is 8.33. The van der Waals surface area contributed by atoms with Crippen LogP contribution in [0.1, 0.15) is 36.5 Å². The molecule has 2 rings (SSSR count). The highest BCUT2D eigenvalue weighted by atomic mass is 79.9. The molecule has 2 unspecified atom stereocenters. The van der Waals surface area contributed by atoms with E-state index in [0.717, 1.165) is 5.06 Å². The van der Waals surface area contributed by atoms with Crippen molar-refractivity contribution in [2.45, 2.75) is 36.4 Å². The van der Waals surface area contributed by atoms with E-state index in [2.05, 4.69) is 28.1 Å². The Hall–Kier alpha value is -0.0200. The molecule has 0 bridgehead atoms. The molecule has 1 aromatic heterocycles. The molecule has 1 saturated carbocycles. The average molecular weight is 275 g/mol. The number of methoxy groups -OCH3 is 1. The first-order valence-corrected chi connectivity index (χ1v) is 6.82. The maximum atomic E-state index is 5.22. The van der Waals surface area contributed by atoms with E-state index in [1.54, 1.807) is 18.4 Å². The summed E-state index contributed by atoms with van der Waals surface area (Å²) in [5.74, 6) is 0.706. The Labute approximate surface area is 97.6 Å². The Morgan fingerprint density at radius 1 is 1.36 bits per heavy atom. The van der Waals surface area contributed by atoms with Crippen LogP contribution in [-0.2, 0) is 0 Å². The number of hydrogen-bond acceptors (Lipinski definition) is 2. The maximum absolute atomic E-state index is 5.22. The van der Waals surface area contributed by atoms with Crippen molar-refractivity contribution >= 4 is 27.3 Å². The van der Waals surface area contributed by atoms with E-state index in [1.807, 2.05) is 0 Å². The minimum atomic E-state index is 0.666. The number of alkyl halides is 1. The summed E-state index contributed by atoms with van der Waals surface area (Å²) in [7, 11) is 1.74. The molecule has 0 aromatic carbocycles. The van der Waals surface area contributed by atoms with Crippen LogP contribution < -0.4 is 4.74 Å². The van der Waals surface area contributed by atoms with Gasteiger partial charge in [0.25, 0.3) is 0 Å². The van der Waals surface area contributed by atoms with Gasteiger partial charge in [-0.3, -0.25) is 0 Å². The molecule has 2 atom stereocenters. The molecule has 1 nitrogen and oxygen atoms in total. The number of hydrogen-bond donors (Lipinski definition) is 0. The van der Waals surface area contributed by atoms with Gasteiger partial charge in [-0.1, -0.05) is 28.8 Å². The van der Waals surface area contributed by atoms with Crippen LogP contribution in [0.5, 0.6) is 5.06 Å². The van der Waals surface area contributed by atoms with Gasteiger partial charge in [0, 0.05) is 15.6 Å². The third-order valence-corrected chi connectivity index (χ3v) is 5.12. The lowest BCUT2D eigenvalue weighted by Crippen LogP contribution is -2.15. The van der Waals surface area contributed by atoms with Crippen molar-refractivity contribution in [3.63, 3.8) is 0 Å². The SMILES string of the molecule is COc1ccc(C2CCCCC2Br)s1. The van der Waals surface area contributed by atoms with Gasteiger partial charge in [0.2, 0.25) is 0 Å². The Morgan fingerprint density at radius 3 is 2.79 bits per heavy atom. The van der Waals surface area contributed by atoms with Gasteiger partial charge in [-0.25, -0.2) is 0 Å². The summed E-state index contributed by atoms with van der Waals surface area (Å²) >= 11 is 5.58. The molecular weight excluding hydrogens is 260 g/mol. The van der Waals surface area contributed by atoms with Crippen molar-refractivity contribution in [3.05, 3.63) is 17.0 Å². The monoisotopic (exact) mass is 274 g/mol. The maximum Gasteiger partial charge on any atom is 0.173 e. The summed E-state index contributed by atoms with van der Waals surface area (Å²) in [6, 6.07) is 4.29. The minimum absolute atomic E-state index is 0.666. The normalized spacial score (nSPS) is 27.6. The van der Waals surface area contributed by atoms with Gasteiger partial charge in [0.05, 0.1) is 7.11 Å². The van der Waals surface area contributed by atoms with Gasteiger partial charge in [-0.05, 0) is 25.0 Å². The highest BCUT2D eigenvalue weighted by Gasteiger charge is 2.25. The van der Waals surface area contributed by atoms with Gasteiger partial charge in [0.1, 0.15) is 0 Å². The first-order valence-electron chi connectivity index (χ1n) is 5.09. The van der Waals surface area contributed by atoms with E-state index in [9.17, 15) is 0 Å². The molecule has 3 heteroatoms. The Balaban J connectivity index is 2.12. The molecule has 78 valence electrons. The third kappa shape index (κ3) is 2.14. The molecule has 14 heavy (non-hydrogen) atoms. The molecule has 0 radical (unpaired) electrons. The molecule has 0 spiro atoms. The molecule has 0 amide bonds. The molecule has 0 aliphatic heterocycles. The number of ether oxygens (including phenoxy) is 1. The second kappa shape index (κ2) is 4.67. The second-order valence-corrected chi connectivity index (χ2v) is 6.02. The van der Waals surface area contributed by atoms with Gasteiger partial charge < -0.3 is 4.74 Å². The quantitative estimate of drug-likeness (QED) is 0.736. The van der Waals surface area contributed by atoms with Crippen molar-refractivity contribution in [1.82, 2.24) is 0 Å². The van der Waals surface area contributed by atoms with Crippen LogP contribution in [0.3, 0.4) is 0 Å². The van der Waals surface area contributed by atoms with Crippen molar-refractivity contribution in [2.24, 2.45) is 0 Å². The van der Waals surface area contributed by atoms with Crippen LogP contribution in [0.4, 0.5) is 0 Å². The van der Waals surface area contributed by atoms with Gasteiger partial charge in [-0.15, -0.1) is 11.3 Å². The first kappa shape index (κ1) is 10.5. The lowest BCUT2D eigenvalue weighted by molar-refractivity contribution is 0.427. The second-order valence-electron chi connectivity index (χ2n) is 3.77. The molecule has 0 saturated heterocycles. The fraction of sp³-hybridized carbons (Fsp3) is 0.636. The molecule has 1 fully saturated rings. The largest absolute Gasteiger partial charge is 0.487 e. The Bertz CT molecular complexity index is 297. The summed E-state index contributed by atoms with van der Waals surface area (Å²) in [5.41, 5.74) is 0. The molecule has 1 heterocycles. The van der Waals surface area contributed by atoms with E-state index < -0.39 is 0 Å². The van der Waals surface area contributed by atoms with E-state index >= 15 is 0 Å². The van der Waals surface area contributed by atoms with Crippen LogP contribution in [0.15, 0.2) is 12.1 Å². The van der Waals surface area contributed by atoms with Gasteiger partial charge >= 0.3 is 0 Å². The number of thiophene rings is 1. The topological polar surface area (TPSA) is 9.23 Å². The molecule has 1 aliphatic carbocycles. The molecular formula is C11H15BrOS. The minimum Gasteiger partial charge on any atom is -0.487 e. The zero-order chi connectivity index (χ0) is 9.97. The smallest absolute Gasteiger partial charge is 0.173 e. The summed E-state index contributed by atoms with van der Waals surface area (Å²) in [6.45, 7) is 0. The van der Waals surface area contributed by atoms with Crippen LogP contribution in [-0.4, -0.2) is 11.9 Å². The van der Waals surface area contributed by atoms with E-state index in [4.69, 9.17) is 4.74 Å². The molecule has 0 N–H and O–H groups in total. The summed E-state index contributed by atoms with van der Waals surface area (Å²) in [6.07, 6.45) is 5.37. The summed E-state index contributed by atoms with van der Waals surface area (Å²) in [4.78, 5) is 2.14. The van der Waals surface area contributed by atoms with Crippen LogP contribution in [0.2, 0.25) is 0 Å². The standard InChI is InChI=1S/C11H15BrOS/c1-13-11-7-6-10(14-11)8-4-2-3-5-9(8)12/h6-9H,2-5H2,1H3. The Morgan fingerprint density at radius 2 is 2.14 bits per heavy atom. The molecule has 1 aromatic rings. The zero-order valence-corrected chi connectivity index (χ0v) is 10.7. The van der Waals surface area contributed by atoms with Crippen molar-refractivity contribution < 1.29 is 4.74 Å². The van der Waals surface area contributed by atoms with Gasteiger partial charge in [0.15, 0.2) is 5.06 Å². The Kier molecular flexibility index (Phi) is 3.50. The van der Waals surface area contributed by atoms with Crippen LogP contribution in [0, 0.1) is 0 Å². The van der Waals surface area contributed by atoms with Crippen LogP contribution >= 0.6 is 27.3 Å². The summed E-state index contributed by atoms with van der Waals surface area (Å²) < 4.78 is 5.22. The van der Waals surface area contributed by atoms with E-state index in [1.165, 1.54) is 30.6 Å². The average Bonchev–Trinajstić information content (AvgIpc) is 2.67. The van der Waals surface area contributed by atoms with Crippen LogP contribution in [0.25, 0.3) is 0 Å². The van der Waals surface area contributed by atoms with Gasteiger partial charge in [-0.2, -0.15) is 0 Å². The van der Waals surface area contributed by atoms with Crippen molar-refractivity contribution in [2.75, 3.05) is 7.11 Å². The fourth-order valence-corrected chi connectivity index (χ4v) is 4.12. The number of rotatable bonds is 2. The first-order chi connectivity index (χ1) is 6.81. The highest BCUT2D eigenvalue weighted by molar-refractivity contribution is 9.09. The van der Waals surface area contributed by atoms with E-state index in [0.29, 0.717) is 10.7 Å². The predicted octanol–water partition coefficient (Wildman–Crippen LogP) is 4.18. The summed E-state index contributed by atoms with van der Waals surface area (Å²) in [5, 5.41) is 1.03. The fourth-order valence-electron chi connectivity index (χ4n) is 2.05. The predicted molar refractivity (Wildman–Crippen MR) is 64.8 cm³/mol. The van der Waals surface area contributed by atoms with Crippen molar-refractivity contribution in [1.29, 1.82) is 0 Å². The third-order valence-electron chi connectivity index (χ3n) is 2.85. The number of halogens is 1. The molecule has 1 aliphatic rings.